The van der Waals surface area contributed by atoms with E-state index in [1.165, 1.54) is 6.07 Å². The van der Waals surface area contributed by atoms with Gasteiger partial charge in [-0.05, 0) is 63.5 Å². The number of amides is 1. The molecule has 2 saturated carbocycles. The Morgan fingerprint density at radius 3 is 2.77 bits per heavy atom. The van der Waals surface area contributed by atoms with Crippen LogP contribution in [0.5, 0.6) is 0 Å². The van der Waals surface area contributed by atoms with Crippen LogP contribution in [0.1, 0.15) is 56.6 Å². The average molecular weight is 475 g/mol. The molecule has 9 heteroatoms. The molecule has 2 aliphatic carbocycles. The van der Waals surface area contributed by atoms with Crippen LogP contribution in [0.4, 0.5) is 4.39 Å². The van der Waals surface area contributed by atoms with E-state index in [4.69, 9.17) is 5.73 Å². The number of hydrogen-bond donors (Lipinski definition) is 3. The molecule has 0 spiro atoms. The van der Waals surface area contributed by atoms with E-state index in [-0.39, 0.29) is 22.9 Å². The number of fused-ring (bicyclic) bond motifs is 1. The molecule has 6 rings (SSSR count). The van der Waals surface area contributed by atoms with Crippen molar-refractivity contribution in [2.24, 2.45) is 16.8 Å². The largest absolute Gasteiger partial charge is 0.365 e. The molecule has 180 valence electrons. The number of aromatic nitrogens is 2. The van der Waals surface area contributed by atoms with Crippen LogP contribution in [0.3, 0.4) is 0 Å². The third-order valence-electron chi connectivity index (χ3n) is 7.22. The highest BCUT2D eigenvalue weighted by atomic mass is 19.1. The van der Waals surface area contributed by atoms with Crippen molar-refractivity contribution in [3.05, 3.63) is 41.2 Å². The van der Waals surface area contributed by atoms with Gasteiger partial charge in [-0.25, -0.2) is 9.37 Å². The van der Waals surface area contributed by atoms with E-state index < -0.39 is 11.7 Å². The Morgan fingerprint density at radius 2 is 2.06 bits per heavy atom. The molecule has 2 aliphatic heterocycles. The zero-order chi connectivity index (χ0) is 23.9. The molecule has 3 fully saturated rings. The number of halogens is 1. The van der Waals surface area contributed by atoms with Gasteiger partial charge < -0.3 is 15.6 Å². The number of nitrogens with zero attached hydrogens (tertiary/aromatic N) is 4. The number of hydrogen-bond acceptors (Lipinski definition) is 5. The maximum absolute atomic E-state index is 15.0. The van der Waals surface area contributed by atoms with E-state index in [2.05, 4.69) is 32.6 Å². The van der Waals surface area contributed by atoms with Crippen LogP contribution in [0.15, 0.2) is 35.0 Å². The zero-order valence-corrected chi connectivity index (χ0v) is 19.6. The lowest BCUT2D eigenvalue weighted by Gasteiger charge is -2.09. The van der Waals surface area contributed by atoms with Gasteiger partial charge in [-0.3, -0.25) is 10.1 Å². The number of rotatable bonds is 5. The Labute approximate surface area is 203 Å². The molecule has 1 saturated heterocycles. The fourth-order valence-electron chi connectivity index (χ4n) is 5.18. The molecule has 3 heterocycles. The van der Waals surface area contributed by atoms with Crippen LogP contribution in [0.25, 0.3) is 11.0 Å². The Bertz CT molecular complexity index is 1340. The lowest BCUT2D eigenvalue weighted by Crippen LogP contribution is -2.33. The van der Waals surface area contributed by atoms with E-state index in [1.807, 2.05) is 10.8 Å². The molecule has 4 N–H and O–H groups in total. The standard InChI is InChI=1S/C26H28FN7O/c27-20-12-23-22(30-15-33(23)19-6-7-19)11-17(20)5-8-21-24(25(28)35)26(31-18-3-1-2-4-18)34(32-21)14-16-9-10-29-13-16/h11-12,14-16,18-19,29H,1-4,6-7,9-10,13H2,(H2-,28,31,32,35)/p+1/b34-14+. The highest BCUT2D eigenvalue weighted by Gasteiger charge is 2.36. The number of nitrogens with one attached hydrogen (secondary N) is 2. The summed E-state index contributed by atoms with van der Waals surface area (Å²) in [4.78, 5) is 17.0. The van der Waals surface area contributed by atoms with Gasteiger partial charge in [0.15, 0.2) is 11.3 Å². The van der Waals surface area contributed by atoms with Gasteiger partial charge in [-0.15, -0.1) is 4.68 Å². The zero-order valence-electron chi connectivity index (χ0n) is 19.6. The van der Waals surface area contributed by atoms with Crippen molar-refractivity contribution < 1.29 is 13.9 Å². The first-order valence-corrected chi connectivity index (χ1v) is 12.5. The second-order valence-corrected chi connectivity index (χ2v) is 9.86. The summed E-state index contributed by atoms with van der Waals surface area (Å²) in [5.41, 5.74) is 8.02. The normalized spacial score (nSPS) is 23.7. The molecule has 2 aromatic rings. The SMILES string of the molecule is NC(=O)C1=C(NC2CCCC2)/[N+](=C\C2CCNC2)N=C1C#Cc1cc2ncn(C3CC3)c2cc1F. The minimum atomic E-state index is -0.599. The Hall–Kier alpha value is -3.51. The maximum Gasteiger partial charge on any atom is 0.316 e. The lowest BCUT2D eigenvalue weighted by molar-refractivity contribution is -0.482. The third-order valence-corrected chi connectivity index (χ3v) is 7.22. The fraction of sp³-hybridized carbons (Fsp3) is 0.462. The van der Waals surface area contributed by atoms with Crippen LogP contribution < -0.4 is 16.4 Å². The molecule has 1 aromatic heterocycles. The summed E-state index contributed by atoms with van der Waals surface area (Å²) in [6.45, 7) is 1.80. The molecule has 0 bridgehead atoms. The van der Waals surface area contributed by atoms with Gasteiger partial charge >= 0.3 is 5.82 Å². The topological polar surface area (TPSA) is 100 Å². The summed E-state index contributed by atoms with van der Waals surface area (Å²) >= 11 is 0. The van der Waals surface area contributed by atoms with Gasteiger partial charge in [0, 0.05) is 24.6 Å². The van der Waals surface area contributed by atoms with E-state index in [1.54, 1.807) is 17.1 Å². The van der Waals surface area contributed by atoms with Crippen LogP contribution in [-0.2, 0) is 4.79 Å². The van der Waals surface area contributed by atoms with Crippen LogP contribution in [0.2, 0.25) is 0 Å². The molecular weight excluding hydrogens is 445 g/mol. The number of carbonyl (C=O) groups excluding carboxylic acids is 1. The smallest absolute Gasteiger partial charge is 0.316 e. The molecule has 8 nitrogen and oxygen atoms in total. The number of primary amides is 1. The fourth-order valence-corrected chi connectivity index (χ4v) is 5.18. The molecular formula is C26H29FN7O+. The maximum atomic E-state index is 15.0. The van der Waals surface area contributed by atoms with Gasteiger partial charge in [0.05, 0.1) is 29.0 Å². The summed E-state index contributed by atoms with van der Waals surface area (Å²) in [5.74, 6) is 5.68. The van der Waals surface area contributed by atoms with Crippen LogP contribution in [-0.4, -0.2) is 51.2 Å². The summed E-state index contributed by atoms with van der Waals surface area (Å²) in [6.07, 6.45) is 11.3. The highest BCUT2D eigenvalue weighted by molar-refractivity contribution is 6.28. The summed E-state index contributed by atoms with van der Waals surface area (Å²) < 4.78 is 18.7. The lowest BCUT2D eigenvalue weighted by atomic mass is 10.1. The predicted molar refractivity (Wildman–Crippen MR) is 131 cm³/mol. The summed E-state index contributed by atoms with van der Waals surface area (Å²) in [6, 6.07) is 3.83. The number of hydrazone groups is 1. The second-order valence-electron chi connectivity index (χ2n) is 9.86. The first-order chi connectivity index (χ1) is 17.1. The highest BCUT2D eigenvalue weighted by Crippen LogP contribution is 2.37. The van der Waals surface area contributed by atoms with Crippen LogP contribution in [0, 0.1) is 23.6 Å². The molecule has 1 amide bonds. The van der Waals surface area contributed by atoms with Crippen molar-refractivity contribution in [2.45, 2.75) is 57.0 Å². The number of imidazole rings is 1. The van der Waals surface area contributed by atoms with Gasteiger partial charge in [0.2, 0.25) is 0 Å². The Morgan fingerprint density at radius 1 is 1.23 bits per heavy atom. The Balaban J connectivity index is 1.37. The number of benzene rings is 1. The number of nitrogens with two attached hydrogens (primary N) is 1. The van der Waals surface area contributed by atoms with E-state index >= 15 is 0 Å². The second kappa shape index (κ2) is 8.93. The summed E-state index contributed by atoms with van der Waals surface area (Å²) in [5, 5.41) is 11.5. The van der Waals surface area contributed by atoms with Gasteiger partial charge in [-0.2, -0.15) is 0 Å². The molecule has 4 aliphatic rings. The van der Waals surface area contributed by atoms with Crippen molar-refractivity contribution in [2.75, 3.05) is 13.1 Å². The van der Waals surface area contributed by atoms with E-state index in [9.17, 15) is 9.18 Å². The van der Waals surface area contributed by atoms with Crippen molar-refractivity contribution >= 4 is 28.9 Å². The minimum Gasteiger partial charge on any atom is -0.365 e. The molecule has 0 radical (unpaired) electrons. The van der Waals surface area contributed by atoms with Crippen molar-refractivity contribution in [1.82, 2.24) is 20.2 Å². The first kappa shape index (κ1) is 22.0. The van der Waals surface area contributed by atoms with Crippen molar-refractivity contribution in [1.29, 1.82) is 0 Å². The molecule has 1 aromatic carbocycles. The Kier molecular flexibility index (Phi) is 5.61. The average Bonchev–Trinajstić information content (AvgIpc) is 3.24. The molecule has 35 heavy (non-hydrogen) atoms. The molecule has 1 atom stereocenters. The van der Waals surface area contributed by atoms with Crippen molar-refractivity contribution in [3.63, 3.8) is 0 Å². The van der Waals surface area contributed by atoms with Crippen LogP contribution >= 0.6 is 0 Å². The quantitative estimate of drug-likeness (QED) is 0.457. The summed E-state index contributed by atoms with van der Waals surface area (Å²) in [7, 11) is 0. The predicted octanol–water partition coefficient (Wildman–Crippen LogP) is 2.15. The first-order valence-electron chi connectivity index (χ1n) is 12.5. The monoisotopic (exact) mass is 474 g/mol. The van der Waals surface area contributed by atoms with E-state index in [0.29, 0.717) is 23.3 Å². The minimum absolute atomic E-state index is 0.220. The van der Waals surface area contributed by atoms with Gasteiger partial charge in [0.25, 0.3) is 5.91 Å². The molecule has 1 unspecified atom stereocenters. The number of carbonyl (C=O) groups is 1. The van der Waals surface area contributed by atoms with Gasteiger partial charge in [-0.1, -0.05) is 11.0 Å². The van der Waals surface area contributed by atoms with E-state index in [0.717, 1.165) is 63.6 Å². The van der Waals surface area contributed by atoms with Crippen molar-refractivity contribution in [3.8, 4) is 11.8 Å². The third kappa shape index (κ3) is 4.34. The van der Waals surface area contributed by atoms with Gasteiger partial charge in [0.1, 0.15) is 12.0 Å².